The highest BCUT2D eigenvalue weighted by atomic mass is 16.2. The maximum atomic E-state index is 11.0. The molecule has 0 bridgehead atoms. The molecule has 0 saturated heterocycles. The standard InChI is InChI=1S/C9H15N3O/c1-3-10-9(13)11-6-8-4-5-12(2)7-8/h4-5,7H,3,6H2,1-2H3,(H2,10,11,13). The lowest BCUT2D eigenvalue weighted by Crippen LogP contribution is -2.34. The van der Waals surface area contributed by atoms with E-state index in [1.54, 1.807) is 0 Å². The van der Waals surface area contributed by atoms with Crippen LogP contribution in [0.2, 0.25) is 0 Å². The van der Waals surface area contributed by atoms with Gasteiger partial charge in [-0.05, 0) is 18.6 Å². The van der Waals surface area contributed by atoms with Crippen LogP contribution >= 0.6 is 0 Å². The zero-order valence-electron chi connectivity index (χ0n) is 8.00. The average molecular weight is 181 g/mol. The van der Waals surface area contributed by atoms with Crippen molar-refractivity contribution in [2.45, 2.75) is 13.5 Å². The molecule has 72 valence electrons. The quantitative estimate of drug-likeness (QED) is 0.713. The van der Waals surface area contributed by atoms with Crippen molar-refractivity contribution in [1.29, 1.82) is 0 Å². The molecule has 0 aliphatic carbocycles. The third-order valence-electron chi connectivity index (χ3n) is 1.68. The summed E-state index contributed by atoms with van der Waals surface area (Å²) in [6.07, 6.45) is 3.93. The van der Waals surface area contributed by atoms with Gasteiger partial charge in [0.25, 0.3) is 0 Å². The number of aryl methyl sites for hydroxylation is 1. The van der Waals surface area contributed by atoms with Gasteiger partial charge in [-0.25, -0.2) is 4.79 Å². The second-order valence-corrected chi connectivity index (χ2v) is 2.90. The molecular weight excluding hydrogens is 166 g/mol. The first kappa shape index (κ1) is 9.64. The molecule has 0 unspecified atom stereocenters. The molecule has 1 rings (SSSR count). The zero-order chi connectivity index (χ0) is 9.68. The first-order chi connectivity index (χ1) is 6.22. The maximum Gasteiger partial charge on any atom is 0.315 e. The molecule has 0 saturated carbocycles. The lowest BCUT2D eigenvalue weighted by atomic mass is 10.3. The molecule has 1 aromatic rings. The molecular formula is C9H15N3O. The second kappa shape index (κ2) is 4.54. The van der Waals surface area contributed by atoms with Crippen LogP contribution in [0.5, 0.6) is 0 Å². The summed E-state index contributed by atoms with van der Waals surface area (Å²) in [5.41, 5.74) is 1.11. The van der Waals surface area contributed by atoms with Crippen LogP contribution in [-0.2, 0) is 13.6 Å². The summed E-state index contributed by atoms with van der Waals surface area (Å²) >= 11 is 0. The Morgan fingerprint density at radius 1 is 1.54 bits per heavy atom. The van der Waals surface area contributed by atoms with E-state index in [2.05, 4.69) is 10.6 Å². The molecule has 2 amide bonds. The van der Waals surface area contributed by atoms with E-state index in [-0.39, 0.29) is 6.03 Å². The minimum Gasteiger partial charge on any atom is -0.357 e. The number of hydrogen-bond donors (Lipinski definition) is 2. The molecule has 0 aromatic carbocycles. The highest BCUT2D eigenvalue weighted by Crippen LogP contribution is 1.97. The number of aromatic nitrogens is 1. The van der Waals surface area contributed by atoms with E-state index in [1.165, 1.54) is 0 Å². The molecule has 0 atom stereocenters. The van der Waals surface area contributed by atoms with Crippen LogP contribution in [0.3, 0.4) is 0 Å². The summed E-state index contributed by atoms with van der Waals surface area (Å²) in [6, 6.07) is 1.86. The van der Waals surface area contributed by atoms with Crippen molar-refractivity contribution in [2.24, 2.45) is 7.05 Å². The van der Waals surface area contributed by atoms with Crippen molar-refractivity contribution >= 4 is 6.03 Å². The van der Waals surface area contributed by atoms with Crippen molar-refractivity contribution < 1.29 is 4.79 Å². The summed E-state index contributed by atoms with van der Waals surface area (Å²) in [6.45, 7) is 3.12. The Labute approximate surface area is 77.9 Å². The highest BCUT2D eigenvalue weighted by Gasteiger charge is 1.98. The Morgan fingerprint density at radius 2 is 2.31 bits per heavy atom. The Kier molecular flexibility index (Phi) is 3.37. The van der Waals surface area contributed by atoms with Gasteiger partial charge in [0.15, 0.2) is 0 Å². The molecule has 4 nitrogen and oxygen atoms in total. The van der Waals surface area contributed by atoms with Gasteiger partial charge in [0.1, 0.15) is 0 Å². The van der Waals surface area contributed by atoms with Crippen molar-refractivity contribution in [3.05, 3.63) is 24.0 Å². The molecule has 0 fully saturated rings. The van der Waals surface area contributed by atoms with Crippen molar-refractivity contribution in [2.75, 3.05) is 6.54 Å². The van der Waals surface area contributed by atoms with E-state index in [1.807, 2.05) is 37.0 Å². The number of nitrogens with one attached hydrogen (secondary N) is 2. The first-order valence-corrected chi connectivity index (χ1v) is 4.35. The summed E-state index contributed by atoms with van der Waals surface area (Å²) in [4.78, 5) is 11.0. The fraction of sp³-hybridized carbons (Fsp3) is 0.444. The SMILES string of the molecule is CCNC(=O)NCc1ccn(C)c1. The second-order valence-electron chi connectivity index (χ2n) is 2.90. The number of carbonyl (C=O) groups is 1. The van der Waals surface area contributed by atoms with Gasteiger partial charge in [-0.15, -0.1) is 0 Å². The third kappa shape index (κ3) is 3.19. The molecule has 13 heavy (non-hydrogen) atoms. The fourth-order valence-corrected chi connectivity index (χ4v) is 1.07. The molecule has 0 aliphatic rings. The van der Waals surface area contributed by atoms with Crippen LogP contribution in [-0.4, -0.2) is 17.1 Å². The van der Waals surface area contributed by atoms with E-state index >= 15 is 0 Å². The molecule has 2 N–H and O–H groups in total. The van der Waals surface area contributed by atoms with Crippen LogP contribution in [0, 0.1) is 0 Å². The highest BCUT2D eigenvalue weighted by molar-refractivity contribution is 5.73. The molecule has 4 heteroatoms. The van der Waals surface area contributed by atoms with Crippen molar-refractivity contribution in [3.8, 4) is 0 Å². The van der Waals surface area contributed by atoms with Gasteiger partial charge in [0.2, 0.25) is 0 Å². The number of rotatable bonds is 3. The first-order valence-electron chi connectivity index (χ1n) is 4.35. The number of nitrogens with zero attached hydrogens (tertiary/aromatic N) is 1. The lowest BCUT2D eigenvalue weighted by molar-refractivity contribution is 0.241. The summed E-state index contributed by atoms with van der Waals surface area (Å²) in [7, 11) is 1.95. The topological polar surface area (TPSA) is 46.1 Å². The van der Waals surface area contributed by atoms with E-state index in [0.717, 1.165) is 5.56 Å². The van der Waals surface area contributed by atoms with Gasteiger partial charge < -0.3 is 15.2 Å². The van der Waals surface area contributed by atoms with E-state index in [0.29, 0.717) is 13.1 Å². The fourth-order valence-electron chi connectivity index (χ4n) is 1.07. The van der Waals surface area contributed by atoms with Crippen LogP contribution < -0.4 is 10.6 Å². The van der Waals surface area contributed by atoms with Crippen LogP contribution in [0.1, 0.15) is 12.5 Å². The minimum absolute atomic E-state index is 0.119. The van der Waals surface area contributed by atoms with Crippen LogP contribution in [0.15, 0.2) is 18.5 Å². The molecule has 1 aromatic heterocycles. The molecule has 0 aliphatic heterocycles. The van der Waals surface area contributed by atoms with Gasteiger partial charge in [-0.1, -0.05) is 0 Å². The molecule has 0 spiro atoms. The monoisotopic (exact) mass is 181 g/mol. The summed E-state index contributed by atoms with van der Waals surface area (Å²) in [5, 5.41) is 5.42. The Morgan fingerprint density at radius 3 is 2.85 bits per heavy atom. The predicted octanol–water partition coefficient (Wildman–Crippen LogP) is 0.844. The van der Waals surface area contributed by atoms with Gasteiger partial charge in [-0.3, -0.25) is 0 Å². The Bertz CT molecular complexity index is 280. The summed E-state index contributed by atoms with van der Waals surface area (Å²) in [5.74, 6) is 0. The van der Waals surface area contributed by atoms with Gasteiger partial charge in [0, 0.05) is 32.5 Å². The number of amides is 2. The van der Waals surface area contributed by atoms with Crippen LogP contribution in [0.4, 0.5) is 4.79 Å². The van der Waals surface area contributed by atoms with Gasteiger partial charge in [0.05, 0.1) is 0 Å². The van der Waals surface area contributed by atoms with E-state index in [4.69, 9.17) is 0 Å². The van der Waals surface area contributed by atoms with E-state index in [9.17, 15) is 4.79 Å². The number of hydrogen-bond acceptors (Lipinski definition) is 1. The largest absolute Gasteiger partial charge is 0.357 e. The predicted molar refractivity (Wildman–Crippen MR) is 51.3 cm³/mol. The van der Waals surface area contributed by atoms with E-state index < -0.39 is 0 Å². The minimum atomic E-state index is -0.119. The zero-order valence-corrected chi connectivity index (χ0v) is 8.00. The molecule has 0 radical (unpaired) electrons. The maximum absolute atomic E-state index is 11.0. The number of urea groups is 1. The Balaban J connectivity index is 2.30. The third-order valence-corrected chi connectivity index (χ3v) is 1.68. The summed E-state index contributed by atoms with van der Waals surface area (Å²) < 4.78 is 1.95. The smallest absolute Gasteiger partial charge is 0.315 e. The van der Waals surface area contributed by atoms with Crippen molar-refractivity contribution in [1.82, 2.24) is 15.2 Å². The van der Waals surface area contributed by atoms with Gasteiger partial charge in [-0.2, -0.15) is 0 Å². The number of carbonyl (C=O) groups excluding carboxylic acids is 1. The average Bonchev–Trinajstić information content (AvgIpc) is 2.49. The normalized spacial score (nSPS) is 9.69. The Hall–Kier alpha value is -1.45. The lowest BCUT2D eigenvalue weighted by Gasteiger charge is -2.03. The van der Waals surface area contributed by atoms with Gasteiger partial charge >= 0.3 is 6.03 Å². The van der Waals surface area contributed by atoms with Crippen molar-refractivity contribution in [3.63, 3.8) is 0 Å². The van der Waals surface area contributed by atoms with Crippen LogP contribution in [0.25, 0.3) is 0 Å². The molecule has 1 heterocycles.